The number of hydrogen-bond donors (Lipinski definition) is 1. The van der Waals surface area contributed by atoms with Gasteiger partial charge in [0.05, 0.1) is 7.11 Å². The molecule has 2 rings (SSSR count). The van der Waals surface area contributed by atoms with Gasteiger partial charge in [0.25, 0.3) is 0 Å². The van der Waals surface area contributed by atoms with Crippen molar-refractivity contribution >= 4 is 11.6 Å². The molecule has 0 bridgehead atoms. The van der Waals surface area contributed by atoms with Crippen LogP contribution in [0.2, 0.25) is 5.02 Å². The lowest BCUT2D eigenvalue weighted by Crippen LogP contribution is -2.03. The Balaban J connectivity index is 2.48. The zero-order valence-electron chi connectivity index (χ0n) is 10.4. The largest absolute Gasteiger partial charge is 0.496 e. The van der Waals surface area contributed by atoms with Crippen molar-refractivity contribution in [2.24, 2.45) is 0 Å². The van der Waals surface area contributed by atoms with Gasteiger partial charge in [-0.1, -0.05) is 41.4 Å². The molecule has 0 fully saturated rings. The Labute approximate surface area is 112 Å². The quantitative estimate of drug-likeness (QED) is 0.913. The second-order valence-electron chi connectivity index (χ2n) is 4.17. The summed E-state index contributed by atoms with van der Waals surface area (Å²) < 4.78 is 5.28. The van der Waals surface area contributed by atoms with Crippen molar-refractivity contribution in [2.45, 2.75) is 13.0 Å². The minimum absolute atomic E-state index is 0.550. The van der Waals surface area contributed by atoms with Crippen LogP contribution in [-0.4, -0.2) is 12.2 Å². The third-order valence-corrected chi connectivity index (χ3v) is 3.22. The molecule has 0 aromatic heterocycles. The molecule has 0 heterocycles. The molecule has 94 valence electrons. The van der Waals surface area contributed by atoms with Crippen molar-refractivity contribution in [3.63, 3.8) is 0 Å². The normalized spacial score (nSPS) is 12.2. The summed E-state index contributed by atoms with van der Waals surface area (Å²) >= 11 is 6.10. The number of hydrogen-bond acceptors (Lipinski definition) is 2. The van der Waals surface area contributed by atoms with Crippen LogP contribution in [0, 0.1) is 6.92 Å². The van der Waals surface area contributed by atoms with E-state index in [1.54, 1.807) is 13.2 Å². The number of rotatable bonds is 3. The minimum Gasteiger partial charge on any atom is -0.496 e. The molecule has 0 radical (unpaired) electrons. The lowest BCUT2D eigenvalue weighted by atomic mass is 9.99. The Morgan fingerprint density at radius 2 is 1.83 bits per heavy atom. The maximum absolute atomic E-state index is 10.4. The summed E-state index contributed by atoms with van der Waals surface area (Å²) in [6, 6.07) is 13.0. The Morgan fingerprint density at radius 3 is 2.50 bits per heavy atom. The Kier molecular flexibility index (Phi) is 3.90. The van der Waals surface area contributed by atoms with Crippen LogP contribution >= 0.6 is 11.6 Å². The van der Waals surface area contributed by atoms with E-state index in [1.807, 2.05) is 43.3 Å². The molecule has 2 nitrogen and oxygen atoms in total. The summed E-state index contributed by atoms with van der Waals surface area (Å²) in [5, 5.41) is 11.0. The van der Waals surface area contributed by atoms with Gasteiger partial charge in [-0.15, -0.1) is 0 Å². The molecule has 0 amide bonds. The van der Waals surface area contributed by atoms with Crippen LogP contribution in [0.4, 0.5) is 0 Å². The molecule has 0 saturated carbocycles. The van der Waals surface area contributed by atoms with Crippen LogP contribution in [0.1, 0.15) is 22.8 Å². The fourth-order valence-corrected chi connectivity index (χ4v) is 2.17. The van der Waals surface area contributed by atoms with Crippen LogP contribution in [0.15, 0.2) is 42.5 Å². The van der Waals surface area contributed by atoms with Crippen LogP contribution in [-0.2, 0) is 0 Å². The average Bonchev–Trinajstić information content (AvgIpc) is 2.38. The fourth-order valence-electron chi connectivity index (χ4n) is 1.93. The second-order valence-corrected chi connectivity index (χ2v) is 4.58. The molecule has 1 atom stereocenters. The fraction of sp³-hybridized carbons (Fsp3) is 0.200. The van der Waals surface area contributed by atoms with E-state index in [9.17, 15) is 5.11 Å². The van der Waals surface area contributed by atoms with E-state index in [0.29, 0.717) is 16.3 Å². The molecule has 1 N–H and O–H groups in total. The lowest BCUT2D eigenvalue weighted by molar-refractivity contribution is 0.214. The number of aryl methyl sites for hydroxylation is 1. The van der Waals surface area contributed by atoms with E-state index in [1.165, 1.54) is 0 Å². The van der Waals surface area contributed by atoms with E-state index in [4.69, 9.17) is 16.3 Å². The molecule has 0 aliphatic rings. The SMILES string of the molecule is COc1ccc(C)cc1C(O)c1ccccc1Cl. The van der Waals surface area contributed by atoms with Gasteiger partial charge in [0.1, 0.15) is 11.9 Å². The molecular formula is C15H15ClO2. The van der Waals surface area contributed by atoms with Crippen LogP contribution in [0.25, 0.3) is 0 Å². The van der Waals surface area contributed by atoms with E-state index in [2.05, 4.69) is 0 Å². The first-order valence-electron chi connectivity index (χ1n) is 5.70. The molecule has 0 spiro atoms. The molecule has 2 aromatic carbocycles. The van der Waals surface area contributed by atoms with E-state index < -0.39 is 6.10 Å². The monoisotopic (exact) mass is 262 g/mol. The average molecular weight is 263 g/mol. The molecule has 0 aliphatic carbocycles. The summed E-state index contributed by atoms with van der Waals surface area (Å²) in [7, 11) is 1.59. The lowest BCUT2D eigenvalue weighted by Gasteiger charge is -2.17. The van der Waals surface area contributed by atoms with Crippen LogP contribution < -0.4 is 4.74 Å². The standard InChI is InChI=1S/C15H15ClO2/c1-10-7-8-14(18-2)12(9-10)15(17)11-5-3-4-6-13(11)16/h3-9,15,17H,1-2H3. The summed E-state index contributed by atoms with van der Waals surface area (Å²) in [5.74, 6) is 0.660. The minimum atomic E-state index is -0.784. The van der Waals surface area contributed by atoms with Crippen molar-refractivity contribution in [3.05, 3.63) is 64.2 Å². The van der Waals surface area contributed by atoms with E-state index >= 15 is 0 Å². The molecule has 18 heavy (non-hydrogen) atoms. The van der Waals surface area contributed by atoms with Gasteiger partial charge in [-0.2, -0.15) is 0 Å². The highest BCUT2D eigenvalue weighted by Crippen LogP contribution is 2.33. The van der Waals surface area contributed by atoms with Gasteiger partial charge in [0, 0.05) is 16.1 Å². The molecule has 2 aromatic rings. The first-order chi connectivity index (χ1) is 8.63. The van der Waals surface area contributed by atoms with Gasteiger partial charge < -0.3 is 9.84 Å². The maximum atomic E-state index is 10.4. The smallest absolute Gasteiger partial charge is 0.125 e. The first-order valence-corrected chi connectivity index (χ1v) is 6.08. The highest BCUT2D eigenvalue weighted by molar-refractivity contribution is 6.31. The number of ether oxygens (including phenoxy) is 1. The highest BCUT2D eigenvalue weighted by Gasteiger charge is 2.17. The van der Waals surface area contributed by atoms with Crippen LogP contribution in [0.5, 0.6) is 5.75 Å². The molecular weight excluding hydrogens is 248 g/mol. The van der Waals surface area contributed by atoms with Crippen molar-refractivity contribution in [3.8, 4) is 5.75 Å². The number of methoxy groups -OCH3 is 1. The van der Waals surface area contributed by atoms with Gasteiger partial charge in [-0.25, -0.2) is 0 Å². The van der Waals surface area contributed by atoms with E-state index in [-0.39, 0.29) is 0 Å². The predicted octanol–water partition coefficient (Wildman–Crippen LogP) is 3.74. The summed E-state index contributed by atoms with van der Waals surface area (Å²) in [6.07, 6.45) is -0.784. The van der Waals surface area contributed by atoms with Crippen molar-refractivity contribution in [1.82, 2.24) is 0 Å². The Bertz CT molecular complexity index is 552. The van der Waals surface area contributed by atoms with Crippen molar-refractivity contribution in [2.75, 3.05) is 7.11 Å². The van der Waals surface area contributed by atoms with Gasteiger partial charge in [-0.05, 0) is 25.1 Å². The number of aliphatic hydroxyl groups excluding tert-OH is 1. The number of benzene rings is 2. The summed E-state index contributed by atoms with van der Waals surface area (Å²) in [5.41, 5.74) is 2.48. The molecule has 1 unspecified atom stereocenters. The van der Waals surface area contributed by atoms with Crippen molar-refractivity contribution in [1.29, 1.82) is 0 Å². The second kappa shape index (κ2) is 5.42. The van der Waals surface area contributed by atoms with Crippen molar-refractivity contribution < 1.29 is 9.84 Å². The molecule has 0 aliphatic heterocycles. The van der Waals surface area contributed by atoms with Crippen LogP contribution in [0.3, 0.4) is 0 Å². The third-order valence-electron chi connectivity index (χ3n) is 2.88. The summed E-state index contributed by atoms with van der Waals surface area (Å²) in [6.45, 7) is 1.97. The van der Waals surface area contributed by atoms with Gasteiger partial charge in [0.15, 0.2) is 0 Å². The van der Waals surface area contributed by atoms with Gasteiger partial charge in [0.2, 0.25) is 0 Å². The first kappa shape index (κ1) is 12.9. The Morgan fingerprint density at radius 1 is 1.11 bits per heavy atom. The topological polar surface area (TPSA) is 29.5 Å². The van der Waals surface area contributed by atoms with E-state index in [0.717, 1.165) is 11.1 Å². The number of aliphatic hydroxyl groups is 1. The third kappa shape index (κ3) is 2.50. The number of halogens is 1. The van der Waals surface area contributed by atoms with Gasteiger partial charge in [-0.3, -0.25) is 0 Å². The maximum Gasteiger partial charge on any atom is 0.125 e. The highest BCUT2D eigenvalue weighted by atomic mass is 35.5. The van der Waals surface area contributed by atoms with Gasteiger partial charge >= 0.3 is 0 Å². The molecule has 3 heteroatoms. The zero-order chi connectivity index (χ0) is 13.1. The summed E-state index contributed by atoms with van der Waals surface area (Å²) in [4.78, 5) is 0. The molecule has 0 saturated heterocycles. The zero-order valence-corrected chi connectivity index (χ0v) is 11.1. The Hall–Kier alpha value is -1.51. The predicted molar refractivity (Wildman–Crippen MR) is 73.2 cm³/mol.